The van der Waals surface area contributed by atoms with E-state index in [1.54, 1.807) is 4.90 Å². The number of carbonyl (C=O) groups is 1. The average molecular weight is 405 g/mol. The fraction of sp³-hybridized carbons (Fsp3) is 0.333. The van der Waals surface area contributed by atoms with Gasteiger partial charge in [-0.1, -0.05) is 30.3 Å². The van der Waals surface area contributed by atoms with Crippen LogP contribution in [0.3, 0.4) is 0 Å². The Labute approximate surface area is 177 Å². The number of hydrogen-bond acceptors (Lipinski definition) is 4. The highest BCUT2D eigenvalue weighted by Gasteiger charge is 2.29. The molecule has 1 aliphatic rings. The number of anilines is 1. The van der Waals surface area contributed by atoms with Gasteiger partial charge in [0.1, 0.15) is 11.9 Å². The number of aryl methyl sites for hydroxylation is 1. The molecule has 1 amide bonds. The lowest BCUT2D eigenvalue weighted by Crippen LogP contribution is -2.47. The number of hydrogen-bond donors (Lipinski definition) is 0. The minimum atomic E-state index is -0.0846. The third-order valence-corrected chi connectivity index (χ3v) is 5.64. The van der Waals surface area contributed by atoms with Gasteiger partial charge in [-0.2, -0.15) is 5.10 Å². The predicted octanol–water partition coefficient (Wildman–Crippen LogP) is 3.85. The summed E-state index contributed by atoms with van der Waals surface area (Å²) >= 11 is 0. The van der Waals surface area contributed by atoms with Crippen molar-refractivity contribution < 1.29 is 9.53 Å². The number of amides is 1. The van der Waals surface area contributed by atoms with Crippen LogP contribution in [0.5, 0.6) is 5.75 Å². The Morgan fingerprint density at radius 1 is 1.13 bits per heavy atom. The van der Waals surface area contributed by atoms with E-state index in [9.17, 15) is 4.79 Å². The summed E-state index contributed by atoms with van der Waals surface area (Å²) in [5, 5.41) is 4.62. The Bertz CT molecular complexity index is 1040. The SMILES string of the molecule is CCN1C[C@@H](CN(C)C(=O)c2c(C)nn(-c3ccccc3)c2C)Oc2ccccc21. The number of benzene rings is 2. The zero-order valence-corrected chi connectivity index (χ0v) is 18.0. The molecule has 30 heavy (non-hydrogen) atoms. The Kier molecular flexibility index (Phi) is 5.48. The predicted molar refractivity (Wildman–Crippen MR) is 119 cm³/mol. The minimum Gasteiger partial charge on any atom is -0.485 e. The van der Waals surface area contributed by atoms with Gasteiger partial charge in [0.05, 0.1) is 41.4 Å². The highest BCUT2D eigenvalue weighted by atomic mass is 16.5. The van der Waals surface area contributed by atoms with Crippen LogP contribution in [0.1, 0.15) is 28.7 Å². The van der Waals surface area contributed by atoms with Gasteiger partial charge in [-0.15, -0.1) is 0 Å². The van der Waals surface area contributed by atoms with E-state index in [2.05, 4.69) is 23.0 Å². The van der Waals surface area contributed by atoms with Crippen LogP contribution in [0.15, 0.2) is 54.6 Å². The zero-order chi connectivity index (χ0) is 21.3. The van der Waals surface area contributed by atoms with E-state index in [-0.39, 0.29) is 12.0 Å². The van der Waals surface area contributed by atoms with Crippen LogP contribution in [0, 0.1) is 13.8 Å². The highest BCUT2D eigenvalue weighted by Crippen LogP contribution is 2.33. The van der Waals surface area contributed by atoms with Gasteiger partial charge in [0, 0.05) is 13.6 Å². The summed E-state index contributed by atoms with van der Waals surface area (Å²) in [7, 11) is 1.83. The first kappa shape index (κ1) is 20.0. The molecule has 1 aromatic heterocycles. The molecular weight excluding hydrogens is 376 g/mol. The fourth-order valence-electron chi connectivity index (χ4n) is 4.13. The zero-order valence-electron chi connectivity index (χ0n) is 18.0. The van der Waals surface area contributed by atoms with E-state index in [1.807, 2.05) is 74.1 Å². The number of fused-ring (bicyclic) bond motifs is 1. The first-order valence-electron chi connectivity index (χ1n) is 10.4. The van der Waals surface area contributed by atoms with Crippen LogP contribution in [0.4, 0.5) is 5.69 Å². The van der Waals surface area contributed by atoms with Gasteiger partial charge < -0.3 is 14.5 Å². The number of likely N-dealkylation sites (N-methyl/N-ethyl adjacent to an activating group) is 2. The number of nitrogens with zero attached hydrogens (tertiary/aromatic N) is 4. The maximum Gasteiger partial charge on any atom is 0.257 e. The molecule has 0 saturated carbocycles. The van der Waals surface area contributed by atoms with E-state index in [0.717, 1.165) is 41.6 Å². The van der Waals surface area contributed by atoms with Gasteiger partial charge in [-0.25, -0.2) is 4.68 Å². The van der Waals surface area contributed by atoms with Crippen LogP contribution >= 0.6 is 0 Å². The van der Waals surface area contributed by atoms with Crippen molar-refractivity contribution in [2.75, 3.05) is 31.6 Å². The van der Waals surface area contributed by atoms with Crippen LogP contribution < -0.4 is 9.64 Å². The summed E-state index contributed by atoms with van der Waals surface area (Å²) in [6.07, 6.45) is -0.0846. The summed E-state index contributed by atoms with van der Waals surface area (Å²) in [4.78, 5) is 17.4. The molecule has 0 spiro atoms. The largest absolute Gasteiger partial charge is 0.485 e. The molecule has 0 unspecified atom stereocenters. The van der Waals surface area contributed by atoms with Gasteiger partial charge >= 0.3 is 0 Å². The van der Waals surface area contributed by atoms with Crippen LogP contribution in [0.2, 0.25) is 0 Å². The van der Waals surface area contributed by atoms with E-state index in [4.69, 9.17) is 4.74 Å². The lowest BCUT2D eigenvalue weighted by atomic mass is 10.1. The highest BCUT2D eigenvalue weighted by molar-refractivity contribution is 5.96. The summed E-state index contributed by atoms with van der Waals surface area (Å²) < 4.78 is 8.04. The first-order valence-corrected chi connectivity index (χ1v) is 10.4. The lowest BCUT2D eigenvalue weighted by molar-refractivity contribution is 0.0708. The molecule has 2 aromatic carbocycles. The normalized spacial score (nSPS) is 15.5. The molecule has 6 nitrogen and oxygen atoms in total. The molecule has 1 aliphatic heterocycles. The van der Waals surface area contributed by atoms with E-state index < -0.39 is 0 Å². The maximum atomic E-state index is 13.3. The third kappa shape index (κ3) is 3.65. The number of carbonyl (C=O) groups excluding carboxylic acids is 1. The second-order valence-electron chi connectivity index (χ2n) is 7.73. The second kappa shape index (κ2) is 8.22. The Morgan fingerprint density at radius 3 is 2.57 bits per heavy atom. The van der Waals surface area contributed by atoms with Crippen molar-refractivity contribution in [3.8, 4) is 11.4 Å². The van der Waals surface area contributed by atoms with Crippen molar-refractivity contribution in [2.24, 2.45) is 0 Å². The molecule has 0 saturated heterocycles. The number of ether oxygens (including phenoxy) is 1. The number of rotatable bonds is 5. The van der Waals surface area contributed by atoms with Gasteiger partial charge in [0.15, 0.2) is 0 Å². The maximum absolute atomic E-state index is 13.3. The monoisotopic (exact) mass is 404 g/mol. The van der Waals surface area contributed by atoms with Crippen molar-refractivity contribution in [3.05, 3.63) is 71.5 Å². The van der Waals surface area contributed by atoms with E-state index >= 15 is 0 Å². The molecule has 0 aliphatic carbocycles. The summed E-state index contributed by atoms with van der Waals surface area (Å²) in [6, 6.07) is 18.0. The molecule has 0 fully saturated rings. The molecule has 1 atom stereocenters. The Balaban J connectivity index is 1.53. The smallest absolute Gasteiger partial charge is 0.257 e. The standard InChI is InChI=1S/C24H28N4O2/c1-5-27-16-20(30-22-14-10-9-13-21(22)27)15-26(4)24(29)23-17(2)25-28(18(23)3)19-11-7-6-8-12-19/h6-14,20H,5,15-16H2,1-4H3/t20-/m1/s1. The van der Waals surface area contributed by atoms with Crippen LogP contribution in [0.25, 0.3) is 5.69 Å². The molecule has 6 heteroatoms. The summed E-state index contributed by atoms with van der Waals surface area (Å²) in [5.74, 6) is 0.846. The minimum absolute atomic E-state index is 0.0299. The van der Waals surface area contributed by atoms with Crippen molar-refractivity contribution in [2.45, 2.75) is 26.9 Å². The average Bonchev–Trinajstić information content (AvgIpc) is 3.07. The van der Waals surface area contributed by atoms with Crippen LogP contribution in [-0.2, 0) is 0 Å². The Morgan fingerprint density at radius 2 is 1.83 bits per heavy atom. The molecular formula is C24H28N4O2. The molecule has 0 N–H and O–H groups in total. The van der Waals surface area contributed by atoms with Gasteiger partial charge in [0.2, 0.25) is 0 Å². The first-order chi connectivity index (χ1) is 14.5. The molecule has 3 aromatic rings. The van der Waals surface area contributed by atoms with Crippen LogP contribution in [-0.4, -0.2) is 53.4 Å². The summed E-state index contributed by atoms with van der Waals surface area (Å²) in [5.41, 5.74) is 4.30. The number of aromatic nitrogens is 2. The third-order valence-electron chi connectivity index (χ3n) is 5.64. The summed E-state index contributed by atoms with van der Waals surface area (Å²) in [6.45, 7) is 8.14. The van der Waals surface area contributed by atoms with Gasteiger partial charge in [0.25, 0.3) is 5.91 Å². The second-order valence-corrected chi connectivity index (χ2v) is 7.73. The van der Waals surface area contributed by atoms with Crippen molar-refractivity contribution in [1.82, 2.24) is 14.7 Å². The van der Waals surface area contributed by atoms with E-state index in [0.29, 0.717) is 12.1 Å². The molecule has 0 radical (unpaired) electrons. The lowest BCUT2D eigenvalue weighted by Gasteiger charge is -2.37. The van der Waals surface area contributed by atoms with E-state index in [1.165, 1.54) is 0 Å². The molecule has 4 rings (SSSR count). The Hall–Kier alpha value is -3.28. The molecule has 156 valence electrons. The van der Waals surface area contributed by atoms with Crippen molar-refractivity contribution in [3.63, 3.8) is 0 Å². The molecule has 0 bridgehead atoms. The van der Waals surface area contributed by atoms with Gasteiger partial charge in [-0.3, -0.25) is 4.79 Å². The fourth-order valence-corrected chi connectivity index (χ4v) is 4.13. The van der Waals surface area contributed by atoms with Crippen molar-refractivity contribution >= 4 is 11.6 Å². The van der Waals surface area contributed by atoms with Gasteiger partial charge in [-0.05, 0) is 45.0 Å². The quantitative estimate of drug-likeness (QED) is 0.648. The van der Waals surface area contributed by atoms with Crippen molar-refractivity contribution in [1.29, 1.82) is 0 Å². The topological polar surface area (TPSA) is 50.6 Å². The molecule has 2 heterocycles. The number of para-hydroxylation sites is 3.